The number of ether oxygens (including phenoxy) is 1. The maximum atomic E-state index is 12.4. The van der Waals surface area contributed by atoms with Gasteiger partial charge in [0.2, 0.25) is 0 Å². The Kier molecular flexibility index (Phi) is 4.09. The van der Waals surface area contributed by atoms with Gasteiger partial charge in [-0.15, -0.1) is 0 Å². The van der Waals surface area contributed by atoms with Crippen molar-refractivity contribution in [1.82, 2.24) is 0 Å². The molecule has 0 aliphatic carbocycles. The van der Waals surface area contributed by atoms with Crippen LogP contribution in [0.4, 0.5) is 5.69 Å². The molecule has 0 aromatic heterocycles. The minimum atomic E-state index is -3.80. The zero-order valence-electron chi connectivity index (χ0n) is 12.0. The molecule has 0 aliphatic rings. The fourth-order valence-electron chi connectivity index (χ4n) is 1.87. The van der Waals surface area contributed by atoms with Crippen LogP contribution in [0.1, 0.15) is 11.1 Å². The summed E-state index contributed by atoms with van der Waals surface area (Å²) in [6.45, 7) is 3.75. The summed E-state index contributed by atoms with van der Waals surface area (Å²) in [4.78, 5) is 0.135. The van der Waals surface area contributed by atoms with Crippen LogP contribution in [0.5, 0.6) is 11.5 Å². The zero-order valence-corrected chi connectivity index (χ0v) is 12.9. The van der Waals surface area contributed by atoms with Gasteiger partial charge < -0.3 is 9.84 Å². The number of phenolic OH excluding ortho intramolecular Hbond substituents is 1. The Morgan fingerprint density at radius 3 is 2.43 bits per heavy atom. The Bertz CT molecular complexity index is 769. The van der Waals surface area contributed by atoms with E-state index in [1.54, 1.807) is 24.3 Å². The molecule has 0 saturated heterocycles. The molecular formula is C15H17NO4S. The molecule has 0 atom stereocenters. The number of anilines is 1. The van der Waals surface area contributed by atoms with Crippen LogP contribution < -0.4 is 9.46 Å². The summed E-state index contributed by atoms with van der Waals surface area (Å²) in [5.74, 6) is 0.0594. The summed E-state index contributed by atoms with van der Waals surface area (Å²) in [6.07, 6.45) is 0. The van der Waals surface area contributed by atoms with Gasteiger partial charge in [0.15, 0.2) is 0 Å². The van der Waals surface area contributed by atoms with Crippen molar-refractivity contribution < 1.29 is 18.3 Å². The number of methoxy groups -OCH3 is 1. The number of sulfonamides is 1. The monoisotopic (exact) mass is 307 g/mol. The summed E-state index contributed by atoms with van der Waals surface area (Å²) in [5.41, 5.74) is 1.91. The Morgan fingerprint density at radius 1 is 1.10 bits per heavy atom. The van der Waals surface area contributed by atoms with Gasteiger partial charge in [-0.3, -0.25) is 4.72 Å². The highest BCUT2D eigenvalue weighted by Gasteiger charge is 2.19. The minimum absolute atomic E-state index is 0.0261. The molecule has 112 valence electrons. The first kappa shape index (κ1) is 15.2. The lowest BCUT2D eigenvalue weighted by molar-refractivity contribution is 0.411. The molecule has 0 fully saturated rings. The number of aryl methyl sites for hydroxylation is 2. The van der Waals surface area contributed by atoms with Crippen LogP contribution in [0.25, 0.3) is 0 Å². The number of nitrogens with one attached hydrogen (secondary N) is 1. The van der Waals surface area contributed by atoms with E-state index in [9.17, 15) is 13.5 Å². The molecule has 2 rings (SSSR count). The third kappa shape index (κ3) is 3.11. The van der Waals surface area contributed by atoms with Gasteiger partial charge in [0.05, 0.1) is 12.0 Å². The predicted molar refractivity (Wildman–Crippen MR) is 81.4 cm³/mol. The highest BCUT2D eigenvalue weighted by Crippen LogP contribution is 2.35. The van der Waals surface area contributed by atoms with Gasteiger partial charge in [0.1, 0.15) is 17.2 Å². The van der Waals surface area contributed by atoms with Crippen LogP contribution >= 0.6 is 0 Å². The van der Waals surface area contributed by atoms with Gasteiger partial charge in [0, 0.05) is 0 Å². The summed E-state index contributed by atoms with van der Waals surface area (Å²) in [7, 11) is -2.39. The summed E-state index contributed by atoms with van der Waals surface area (Å²) in [5, 5.41) is 9.82. The zero-order chi connectivity index (χ0) is 15.6. The fraction of sp³-hybridized carbons (Fsp3) is 0.200. The van der Waals surface area contributed by atoms with Crippen LogP contribution in [0.15, 0.2) is 41.3 Å². The Hall–Kier alpha value is -2.21. The quantitative estimate of drug-likeness (QED) is 0.852. The van der Waals surface area contributed by atoms with Crippen LogP contribution in [0.2, 0.25) is 0 Å². The third-order valence-corrected chi connectivity index (χ3v) is 4.60. The third-order valence-electron chi connectivity index (χ3n) is 3.25. The Balaban J connectivity index is 2.44. The van der Waals surface area contributed by atoms with Crippen LogP contribution in [0.3, 0.4) is 0 Å². The van der Waals surface area contributed by atoms with Crippen molar-refractivity contribution in [1.29, 1.82) is 0 Å². The van der Waals surface area contributed by atoms with Gasteiger partial charge >= 0.3 is 0 Å². The lowest BCUT2D eigenvalue weighted by Crippen LogP contribution is -2.14. The molecule has 6 heteroatoms. The molecule has 0 radical (unpaired) electrons. The van der Waals surface area contributed by atoms with Gasteiger partial charge in [-0.2, -0.15) is 0 Å². The van der Waals surface area contributed by atoms with E-state index in [-0.39, 0.29) is 22.1 Å². The average Bonchev–Trinajstić information content (AvgIpc) is 2.43. The second-order valence-electron chi connectivity index (χ2n) is 4.71. The highest BCUT2D eigenvalue weighted by molar-refractivity contribution is 7.92. The topological polar surface area (TPSA) is 75.6 Å². The molecule has 0 saturated carbocycles. The molecule has 0 spiro atoms. The van der Waals surface area contributed by atoms with Crippen molar-refractivity contribution in [2.45, 2.75) is 18.7 Å². The first-order chi connectivity index (χ1) is 9.85. The number of phenols is 1. The minimum Gasteiger partial charge on any atom is -0.506 e. The van der Waals surface area contributed by atoms with Crippen molar-refractivity contribution in [2.75, 3.05) is 11.8 Å². The van der Waals surface area contributed by atoms with E-state index in [1.807, 2.05) is 13.8 Å². The van der Waals surface area contributed by atoms with E-state index < -0.39 is 10.0 Å². The number of hydrogen-bond donors (Lipinski definition) is 2. The van der Waals surface area contributed by atoms with Crippen LogP contribution in [-0.2, 0) is 10.0 Å². The van der Waals surface area contributed by atoms with Crippen molar-refractivity contribution in [3.63, 3.8) is 0 Å². The number of benzene rings is 2. The van der Waals surface area contributed by atoms with Gasteiger partial charge in [-0.1, -0.05) is 12.1 Å². The maximum Gasteiger partial charge on any atom is 0.262 e. The van der Waals surface area contributed by atoms with E-state index in [0.717, 1.165) is 11.1 Å². The van der Waals surface area contributed by atoms with Gasteiger partial charge in [-0.25, -0.2) is 8.42 Å². The van der Waals surface area contributed by atoms with E-state index in [1.165, 1.54) is 19.2 Å². The Morgan fingerprint density at radius 2 is 1.81 bits per heavy atom. The standard InChI is InChI=1S/C15H17NO4S/c1-10-7-8-12(9-11(10)2)21(18,19)16-15-13(17)5-4-6-14(15)20-3/h4-9,16-17H,1-3H3. The maximum absolute atomic E-state index is 12.4. The van der Waals surface area contributed by atoms with E-state index in [4.69, 9.17) is 4.74 Å². The molecule has 0 aliphatic heterocycles. The fourth-order valence-corrected chi connectivity index (χ4v) is 3.04. The molecule has 5 nitrogen and oxygen atoms in total. The highest BCUT2D eigenvalue weighted by atomic mass is 32.2. The van der Waals surface area contributed by atoms with E-state index in [0.29, 0.717) is 0 Å². The van der Waals surface area contributed by atoms with Gasteiger partial charge in [0.25, 0.3) is 10.0 Å². The Labute approximate surface area is 124 Å². The summed E-state index contributed by atoms with van der Waals surface area (Å²) < 4.78 is 32.2. The van der Waals surface area contributed by atoms with Crippen molar-refractivity contribution in [2.24, 2.45) is 0 Å². The molecule has 2 N–H and O–H groups in total. The molecule has 0 unspecified atom stereocenters. The van der Waals surface area contributed by atoms with Crippen LogP contribution in [0, 0.1) is 13.8 Å². The second kappa shape index (κ2) is 5.65. The number of aromatic hydroxyl groups is 1. The molecule has 0 heterocycles. The van der Waals surface area contributed by atoms with Crippen LogP contribution in [-0.4, -0.2) is 20.6 Å². The SMILES string of the molecule is COc1cccc(O)c1NS(=O)(=O)c1ccc(C)c(C)c1. The van der Waals surface area contributed by atoms with Crippen molar-refractivity contribution >= 4 is 15.7 Å². The molecule has 21 heavy (non-hydrogen) atoms. The number of para-hydroxylation sites is 1. The van der Waals surface area contributed by atoms with Crippen molar-refractivity contribution in [3.05, 3.63) is 47.5 Å². The number of rotatable bonds is 4. The second-order valence-corrected chi connectivity index (χ2v) is 6.39. The van der Waals surface area contributed by atoms with Gasteiger partial charge in [-0.05, 0) is 49.2 Å². The predicted octanol–water partition coefficient (Wildman–Crippen LogP) is 2.82. The first-order valence-electron chi connectivity index (χ1n) is 6.31. The first-order valence-corrected chi connectivity index (χ1v) is 7.79. The normalized spacial score (nSPS) is 11.2. The molecule has 2 aromatic rings. The lowest BCUT2D eigenvalue weighted by atomic mass is 10.1. The summed E-state index contributed by atoms with van der Waals surface area (Å²) in [6, 6.07) is 9.38. The largest absolute Gasteiger partial charge is 0.506 e. The van der Waals surface area contributed by atoms with Crippen molar-refractivity contribution in [3.8, 4) is 11.5 Å². The molecule has 2 aromatic carbocycles. The number of hydrogen-bond acceptors (Lipinski definition) is 4. The molecule has 0 amide bonds. The molecular weight excluding hydrogens is 290 g/mol. The lowest BCUT2D eigenvalue weighted by Gasteiger charge is -2.13. The smallest absolute Gasteiger partial charge is 0.262 e. The summed E-state index contributed by atoms with van der Waals surface area (Å²) >= 11 is 0. The van der Waals surface area contributed by atoms with E-state index in [2.05, 4.69) is 4.72 Å². The molecule has 0 bridgehead atoms. The average molecular weight is 307 g/mol. The van der Waals surface area contributed by atoms with E-state index >= 15 is 0 Å².